The van der Waals surface area contributed by atoms with Crippen LogP contribution in [-0.4, -0.2) is 19.7 Å². The van der Waals surface area contributed by atoms with Crippen LogP contribution in [-0.2, 0) is 4.74 Å². The van der Waals surface area contributed by atoms with Gasteiger partial charge in [0.25, 0.3) is 6.43 Å². The zero-order valence-corrected chi connectivity index (χ0v) is 8.96. The first-order chi connectivity index (χ1) is 7.77. The van der Waals surface area contributed by atoms with Gasteiger partial charge < -0.3 is 10.1 Å². The minimum Gasteiger partial charge on any atom is -0.372 e. The Morgan fingerprint density at radius 2 is 1.94 bits per heavy atom. The maximum Gasteiger partial charge on any atom is 0.263 e. The summed E-state index contributed by atoms with van der Waals surface area (Å²) in [5, 5.41) is 3.23. The summed E-state index contributed by atoms with van der Waals surface area (Å²) in [5.74, 6) is 0. The van der Waals surface area contributed by atoms with Gasteiger partial charge >= 0.3 is 0 Å². The summed E-state index contributed by atoms with van der Waals surface area (Å²) < 4.78 is 30.4. The molecule has 1 N–H and O–H groups in total. The minimum atomic E-state index is -2.40. The van der Waals surface area contributed by atoms with Gasteiger partial charge in [-0.2, -0.15) is 0 Å². The molecule has 2 nitrogen and oxygen atoms in total. The first kappa shape index (κ1) is 11.5. The molecule has 88 valence electrons. The molecule has 16 heavy (non-hydrogen) atoms. The zero-order valence-electron chi connectivity index (χ0n) is 8.96. The number of hydrogen-bond acceptors (Lipinski definition) is 2. The minimum absolute atomic E-state index is 0.0294. The average molecular weight is 227 g/mol. The van der Waals surface area contributed by atoms with Gasteiger partial charge in [-0.25, -0.2) is 8.78 Å². The normalized spacial score (nSPS) is 22.1. The third-order valence-electron chi connectivity index (χ3n) is 2.74. The SMILES string of the molecule is FC(F)c1ccc(C2CCNCCO2)cc1. The van der Waals surface area contributed by atoms with Crippen LogP contribution in [0, 0.1) is 0 Å². The molecule has 0 amide bonds. The molecule has 0 aliphatic carbocycles. The third-order valence-corrected chi connectivity index (χ3v) is 2.74. The van der Waals surface area contributed by atoms with Crippen molar-refractivity contribution in [1.29, 1.82) is 0 Å². The van der Waals surface area contributed by atoms with Gasteiger partial charge in [-0.15, -0.1) is 0 Å². The van der Waals surface area contributed by atoms with E-state index in [1.165, 1.54) is 12.1 Å². The van der Waals surface area contributed by atoms with E-state index in [4.69, 9.17) is 4.74 Å². The van der Waals surface area contributed by atoms with Crippen molar-refractivity contribution >= 4 is 0 Å². The highest BCUT2D eigenvalue weighted by molar-refractivity contribution is 5.25. The summed E-state index contributed by atoms with van der Waals surface area (Å²) in [6.45, 7) is 2.42. The Morgan fingerprint density at radius 3 is 2.62 bits per heavy atom. The first-order valence-corrected chi connectivity index (χ1v) is 5.47. The van der Waals surface area contributed by atoms with Crippen molar-refractivity contribution in [1.82, 2.24) is 5.32 Å². The van der Waals surface area contributed by atoms with E-state index in [0.717, 1.165) is 25.1 Å². The topological polar surface area (TPSA) is 21.3 Å². The monoisotopic (exact) mass is 227 g/mol. The fourth-order valence-corrected chi connectivity index (χ4v) is 1.83. The van der Waals surface area contributed by atoms with Crippen molar-refractivity contribution in [3.63, 3.8) is 0 Å². The van der Waals surface area contributed by atoms with Gasteiger partial charge in [0, 0.05) is 12.1 Å². The molecule has 0 radical (unpaired) electrons. The Labute approximate surface area is 93.6 Å². The summed E-state index contributed by atoms with van der Waals surface area (Å²) in [6.07, 6.45) is -1.49. The number of rotatable bonds is 2. The number of hydrogen-bond donors (Lipinski definition) is 1. The molecule has 0 aromatic heterocycles. The summed E-state index contributed by atoms with van der Waals surface area (Å²) >= 11 is 0. The quantitative estimate of drug-likeness (QED) is 0.838. The van der Waals surface area contributed by atoms with Gasteiger partial charge in [-0.3, -0.25) is 0 Å². The predicted octanol–water partition coefficient (Wildman–Crippen LogP) is 2.68. The fourth-order valence-electron chi connectivity index (χ4n) is 1.83. The maximum atomic E-state index is 12.4. The Morgan fingerprint density at radius 1 is 1.19 bits per heavy atom. The lowest BCUT2D eigenvalue weighted by molar-refractivity contribution is 0.0643. The van der Waals surface area contributed by atoms with E-state index in [0.29, 0.717) is 6.61 Å². The highest BCUT2D eigenvalue weighted by Crippen LogP contribution is 2.25. The smallest absolute Gasteiger partial charge is 0.263 e. The van der Waals surface area contributed by atoms with Crippen LogP contribution in [0.25, 0.3) is 0 Å². The molecule has 1 heterocycles. The van der Waals surface area contributed by atoms with Gasteiger partial charge in [-0.1, -0.05) is 24.3 Å². The van der Waals surface area contributed by atoms with Gasteiger partial charge in [0.2, 0.25) is 0 Å². The number of nitrogens with one attached hydrogen (secondary N) is 1. The van der Waals surface area contributed by atoms with E-state index in [9.17, 15) is 8.78 Å². The van der Waals surface area contributed by atoms with Crippen LogP contribution in [0.3, 0.4) is 0 Å². The van der Waals surface area contributed by atoms with E-state index in [1.54, 1.807) is 12.1 Å². The lowest BCUT2D eigenvalue weighted by Crippen LogP contribution is -2.16. The average Bonchev–Trinajstić information content (AvgIpc) is 2.57. The van der Waals surface area contributed by atoms with Crippen LogP contribution < -0.4 is 5.32 Å². The molecule has 1 saturated heterocycles. The third kappa shape index (κ3) is 2.77. The van der Waals surface area contributed by atoms with Crippen molar-refractivity contribution in [3.8, 4) is 0 Å². The molecule has 4 heteroatoms. The van der Waals surface area contributed by atoms with Crippen LogP contribution in [0.5, 0.6) is 0 Å². The van der Waals surface area contributed by atoms with E-state index in [-0.39, 0.29) is 11.7 Å². The summed E-state index contributed by atoms with van der Waals surface area (Å²) in [5.41, 5.74) is 1.04. The van der Waals surface area contributed by atoms with Gasteiger partial charge in [0.1, 0.15) is 0 Å². The Hall–Kier alpha value is -1.00. The molecule has 0 spiro atoms. The lowest BCUT2D eigenvalue weighted by Gasteiger charge is -2.15. The Kier molecular flexibility index (Phi) is 3.85. The predicted molar refractivity (Wildman–Crippen MR) is 57.6 cm³/mol. The van der Waals surface area contributed by atoms with Crippen molar-refractivity contribution < 1.29 is 13.5 Å². The molecule has 1 atom stereocenters. The molecule has 1 aliphatic rings. The number of halogens is 2. The van der Waals surface area contributed by atoms with E-state index in [1.807, 2.05) is 0 Å². The van der Waals surface area contributed by atoms with Gasteiger partial charge in [0.05, 0.1) is 12.7 Å². The van der Waals surface area contributed by atoms with E-state index >= 15 is 0 Å². The fraction of sp³-hybridized carbons (Fsp3) is 0.500. The van der Waals surface area contributed by atoms with Crippen LogP contribution in [0.1, 0.15) is 30.1 Å². The van der Waals surface area contributed by atoms with Gasteiger partial charge in [0.15, 0.2) is 0 Å². The summed E-state index contributed by atoms with van der Waals surface area (Å²) in [7, 11) is 0. The number of benzene rings is 1. The standard InChI is InChI=1S/C12H15F2NO/c13-12(14)10-3-1-9(2-4-10)11-5-6-15-7-8-16-11/h1-4,11-12,15H,5-8H2. The largest absolute Gasteiger partial charge is 0.372 e. The number of alkyl halides is 2. The van der Waals surface area contributed by atoms with Crippen molar-refractivity contribution in [3.05, 3.63) is 35.4 Å². The molecule has 0 bridgehead atoms. The second kappa shape index (κ2) is 5.37. The van der Waals surface area contributed by atoms with Crippen molar-refractivity contribution in [2.45, 2.75) is 19.0 Å². The Bertz CT molecular complexity index is 318. The highest BCUT2D eigenvalue weighted by atomic mass is 19.3. The van der Waals surface area contributed by atoms with Crippen LogP contribution in [0.15, 0.2) is 24.3 Å². The van der Waals surface area contributed by atoms with Crippen molar-refractivity contribution in [2.75, 3.05) is 19.7 Å². The molecule has 0 saturated carbocycles. The highest BCUT2D eigenvalue weighted by Gasteiger charge is 2.15. The second-order valence-corrected chi connectivity index (χ2v) is 3.87. The molecule has 2 rings (SSSR count). The molecular weight excluding hydrogens is 212 g/mol. The number of ether oxygens (including phenoxy) is 1. The van der Waals surface area contributed by atoms with E-state index < -0.39 is 6.43 Å². The molecular formula is C12H15F2NO. The van der Waals surface area contributed by atoms with E-state index in [2.05, 4.69) is 5.32 Å². The molecule has 1 aromatic rings. The molecule has 1 aliphatic heterocycles. The molecule has 1 aromatic carbocycles. The zero-order chi connectivity index (χ0) is 11.4. The van der Waals surface area contributed by atoms with Crippen LogP contribution in [0.2, 0.25) is 0 Å². The first-order valence-electron chi connectivity index (χ1n) is 5.47. The van der Waals surface area contributed by atoms with Crippen LogP contribution >= 0.6 is 0 Å². The molecule has 1 fully saturated rings. The van der Waals surface area contributed by atoms with Gasteiger partial charge in [-0.05, 0) is 18.5 Å². The van der Waals surface area contributed by atoms with Crippen LogP contribution in [0.4, 0.5) is 8.78 Å². The lowest BCUT2D eigenvalue weighted by atomic mass is 10.0. The van der Waals surface area contributed by atoms with Crippen molar-refractivity contribution in [2.24, 2.45) is 0 Å². The summed E-state index contributed by atoms with van der Waals surface area (Å²) in [4.78, 5) is 0. The Balaban J connectivity index is 2.07. The maximum absolute atomic E-state index is 12.4. The summed E-state index contributed by atoms with van der Waals surface area (Å²) in [6, 6.07) is 6.41. The second-order valence-electron chi connectivity index (χ2n) is 3.87. The molecule has 1 unspecified atom stereocenters.